The van der Waals surface area contributed by atoms with Crippen LogP contribution in [-0.2, 0) is 14.0 Å². The average molecular weight is 476 g/mol. The molecule has 4 atom stereocenters. The van der Waals surface area contributed by atoms with Crippen LogP contribution < -0.4 is 0 Å². The molecule has 3 aliphatic carbocycles. The highest BCUT2D eigenvalue weighted by Crippen LogP contribution is 2.62. The third kappa shape index (κ3) is 4.78. The van der Waals surface area contributed by atoms with E-state index in [1.165, 1.54) is 50.2 Å². The van der Waals surface area contributed by atoms with Gasteiger partial charge in [0.05, 0.1) is 0 Å². The largest absolute Gasteiger partial charge is 0.414 e. The maximum atomic E-state index is 13.1. The highest BCUT2D eigenvalue weighted by molar-refractivity contribution is 6.73. The number of fused-ring (bicyclic) bond motifs is 1. The molecule has 3 saturated carbocycles. The van der Waals surface area contributed by atoms with Crippen molar-refractivity contribution in [1.82, 2.24) is 4.90 Å². The fourth-order valence-corrected chi connectivity index (χ4v) is 10.4. The van der Waals surface area contributed by atoms with Gasteiger partial charge in [0.25, 0.3) is 0 Å². The van der Waals surface area contributed by atoms with Crippen molar-refractivity contribution in [2.75, 3.05) is 14.1 Å². The topological polar surface area (TPSA) is 46.6 Å². The van der Waals surface area contributed by atoms with Crippen molar-refractivity contribution >= 4 is 20.0 Å². The van der Waals surface area contributed by atoms with Crippen LogP contribution in [0, 0.1) is 28.1 Å². The predicted molar refractivity (Wildman–Crippen MR) is 139 cm³/mol. The van der Waals surface area contributed by atoms with Gasteiger partial charge in [-0.3, -0.25) is 9.59 Å². The number of carbonyl (C=O) groups is 2. The van der Waals surface area contributed by atoms with Crippen LogP contribution in [0.1, 0.15) is 86.5 Å². The first kappa shape index (κ1) is 26.7. The van der Waals surface area contributed by atoms with Crippen LogP contribution in [0.5, 0.6) is 0 Å². The van der Waals surface area contributed by atoms with E-state index in [0.717, 1.165) is 0 Å². The molecule has 0 aliphatic heterocycles. The van der Waals surface area contributed by atoms with Gasteiger partial charge in [0.15, 0.2) is 14.1 Å². The summed E-state index contributed by atoms with van der Waals surface area (Å²) < 4.78 is 7.09. The minimum absolute atomic E-state index is 0.00319. The highest BCUT2D eigenvalue weighted by Gasteiger charge is 2.57. The summed E-state index contributed by atoms with van der Waals surface area (Å²) >= 11 is 0. The molecule has 0 N–H and O–H groups in total. The number of amides is 1. The van der Waals surface area contributed by atoms with Crippen LogP contribution in [0.4, 0.5) is 0 Å². The van der Waals surface area contributed by atoms with Crippen LogP contribution in [-0.4, -0.2) is 45.1 Å². The molecule has 0 heterocycles. The minimum atomic E-state index is -1.62. The van der Waals surface area contributed by atoms with Gasteiger partial charge in [-0.05, 0) is 85.4 Å². The first-order valence-electron chi connectivity index (χ1n) is 13.5. The van der Waals surface area contributed by atoms with E-state index in [1.54, 1.807) is 25.1 Å². The Labute approximate surface area is 204 Å². The SMILES string of the molecule is CC[Si](CC)(CC)O[C@H]1CCC[C@@]2(C)C1CCC2C(C)(C)/C=C/C(=O)C1(C(=O)N(C)C)CC1. The monoisotopic (exact) mass is 475 g/mol. The predicted octanol–water partition coefficient (Wildman–Crippen LogP) is 6.61. The number of rotatable bonds is 10. The van der Waals surface area contributed by atoms with Gasteiger partial charge in [-0.25, -0.2) is 0 Å². The van der Waals surface area contributed by atoms with E-state index in [0.29, 0.717) is 30.8 Å². The number of nitrogens with zero attached hydrogens (tertiary/aromatic N) is 1. The van der Waals surface area contributed by atoms with Crippen LogP contribution in [0.25, 0.3) is 0 Å². The van der Waals surface area contributed by atoms with E-state index in [1.807, 2.05) is 0 Å². The van der Waals surface area contributed by atoms with E-state index in [9.17, 15) is 9.59 Å². The molecular formula is C28H49NO3Si. The van der Waals surface area contributed by atoms with Gasteiger partial charge in [0, 0.05) is 20.2 Å². The Morgan fingerprint density at radius 3 is 2.15 bits per heavy atom. The van der Waals surface area contributed by atoms with Crippen molar-refractivity contribution in [1.29, 1.82) is 0 Å². The summed E-state index contributed by atoms with van der Waals surface area (Å²) in [6.07, 6.45) is 11.8. The van der Waals surface area contributed by atoms with Gasteiger partial charge in [0.1, 0.15) is 5.41 Å². The smallest absolute Gasteiger partial charge is 0.236 e. The second-order valence-electron chi connectivity index (χ2n) is 12.3. The van der Waals surface area contributed by atoms with E-state index >= 15 is 0 Å². The first-order chi connectivity index (χ1) is 15.4. The molecule has 0 radical (unpaired) electrons. The quantitative estimate of drug-likeness (QED) is 0.203. The molecule has 0 aromatic carbocycles. The Balaban J connectivity index is 1.77. The number of allylic oxidation sites excluding steroid dienone is 2. The number of carbonyl (C=O) groups excluding carboxylic acids is 2. The number of hydrogen-bond acceptors (Lipinski definition) is 3. The summed E-state index contributed by atoms with van der Waals surface area (Å²) in [5.41, 5.74) is -0.602. The lowest BCUT2D eigenvalue weighted by molar-refractivity contribution is -0.139. The second-order valence-corrected chi connectivity index (χ2v) is 17.1. The number of hydrogen-bond donors (Lipinski definition) is 0. The maximum Gasteiger partial charge on any atom is 0.236 e. The Morgan fingerprint density at radius 2 is 1.64 bits per heavy atom. The molecule has 2 unspecified atom stereocenters. The van der Waals surface area contributed by atoms with Crippen molar-refractivity contribution < 1.29 is 14.0 Å². The van der Waals surface area contributed by atoms with Crippen molar-refractivity contribution in [3.05, 3.63) is 12.2 Å². The summed E-state index contributed by atoms with van der Waals surface area (Å²) in [5, 5.41) is 0. The number of ketones is 1. The lowest BCUT2D eigenvalue weighted by atomic mass is 9.58. The van der Waals surface area contributed by atoms with Gasteiger partial charge in [-0.2, -0.15) is 0 Å². The normalized spacial score (nSPS) is 31.5. The van der Waals surface area contributed by atoms with Crippen LogP contribution in [0.15, 0.2) is 12.2 Å². The maximum absolute atomic E-state index is 13.1. The van der Waals surface area contributed by atoms with E-state index < -0.39 is 13.7 Å². The highest BCUT2D eigenvalue weighted by atomic mass is 28.4. The molecule has 188 valence electrons. The standard InChI is InChI=1S/C28H49NO3Si/c1-9-33(10-2,11-3)32-22-13-12-17-27(6)21(22)14-15-23(27)26(4,5)18-16-24(30)28(19-20-28)25(31)29(7)8/h16,18,21-23H,9-15,17,19-20H2,1-8H3/b18-16+/t21?,22-,23?,27-/m0/s1. The summed E-state index contributed by atoms with van der Waals surface area (Å²) in [4.78, 5) is 27.2. The lowest BCUT2D eigenvalue weighted by Gasteiger charge is -2.50. The lowest BCUT2D eigenvalue weighted by Crippen LogP contribution is -2.49. The van der Waals surface area contributed by atoms with Crippen LogP contribution >= 0.6 is 0 Å². The second kappa shape index (κ2) is 9.60. The summed E-state index contributed by atoms with van der Waals surface area (Å²) in [6.45, 7) is 14.1. The van der Waals surface area contributed by atoms with Crippen LogP contribution in [0.3, 0.4) is 0 Å². The zero-order valence-corrected chi connectivity index (χ0v) is 23.6. The third-order valence-electron chi connectivity index (χ3n) is 10.00. The molecule has 3 aliphatic rings. The van der Waals surface area contributed by atoms with E-state index in [2.05, 4.69) is 47.6 Å². The molecule has 0 spiro atoms. The fourth-order valence-electron chi connectivity index (χ4n) is 7.49. The molecule has 3 rings (SSSR count). The summed E-state index contributed by atoms with van der Waals surface area (Å²) in [5.74, 6) is 1.13. The molecule has 0 aromatic rings. The molecule has 33 heavy (non-hydrogen) atoms. The van der Waals surface area contributed by atoms with Gasteiger partial charge >= 0.3 is 0 Å². The van der Waals surface area contributed by atoms with Crippen molar-refractivity contribution in [2.24, 2.45) is 28.1 Å². The first-order valence-corrected chi connectivity index (χ1v) is 16.1. The Bertz CT molecular complexity index is 757. The summed E-state index contributed by atoms with van der Waals surface area (Å²) in [6, 6.07) is 3.65. The zero-order valence-electron chi connectivity index (χ0n) is 22.6. The fraction of sp³-hybridized carbons (Fsp3) is 0.857. The van der Waals surface area contributed by atoms with Crippen molar-refractivity contribution in [2.45, 2.75) is 111 Å². The minimum Gasteiger partial charge on any atom is -0.414 e. The van der Waals surface area contributed by atoms with Gasteiger partial charge in [-0.1, -0.05) is 54.0 Å². The Hall–Kier alpha value is -0.943. The van der Waals surface area contributed by atoms with Crippen molar-refractivity contribution in [3.63, 3.8) is 0 Å². The zero-order chi connectivity index (χ0) is 24.7. The molecule has 1 amide bonds. The molecule has 0 aromatic heterocycles. The Morgan fingerprint density at radius 1 is 1.03 bits per heavy atom. The van der Waals surface area contributed by atoms with E-state index in [-0.39, 0.29) is 22.5 Å². The van der Waals surface area contributed by atoms with Gasteiger partial charge < -0.3 is 9.33 Å². The molecule has 0 bridgehead atoms. The molecule has 5 heteroatoms. The average Bonchev–Trinajstić information content (AvgIpc) is 3.51. The molecular weight excluding hydrogens is 426 g/mol. The van der Waals surface area contributed by atoms with E-state index in [4.69, 9.17) is 4.43 Å². The van der Waals surface area contributed by atoms with Crippen molar-refractivity contribution in [3.8, 4) is 0 Å². The van der Waals surface area contributed by atoms with Gasteiger partial charge in [-0.15, -0.1) is 0 Å². The Kier molecular flexibility index (Phi) is 7.76. The summed E-state index contributed by atoms with van der Waals surface area (Å²) in [7, 11) is 1.87. The molecule has 0 saturated heterocycles. The molecule has 3 fully saturated rings. The van der Waals surface area contributed by atoms with Gasteiger partial charge in [0.2, 0.25) is 5.91 Å². The third-order valence-corrected chi connectivity index (χ3v) is 14.7. The van der Waals surface area contributed by atoms with Crippen LogP contribution in [0.2, 0.25) is 18.1 Å². The molecule has 4 nitrogen and oxygen atoms in total.